The highest BCUT2D eigenvalue weighted by molar-refractivity contribution is 6.07. The van der Waals surface area contributed by atoms with E-state index in [0.717, 1.165) is 35.4 Å². The molecule has 2 aromatic heterocycles. The van der Waals surface area contributed by atoms with E-state index in [9.17, 15) is 4.79 Å². The van der Waals surface area contributed by atoms with E-state index < -0.39 is 0 Å². The van der Waals surface area contributed by atoms with E-state index in [4.69, 9.17) is 5.73 Å². The number of anilines is 2. The van der Waals surface area contributed by atoms with E-state index in [1.807, 2.05) is 64.2 Å². The van der Waals surface area contributed by atoms with Crippen LogP contribution >= 0.6 is 0 Å². The van der Waals surface area contributed by atoms with Gasteiger partial charge in [-0.1, -0.05) is 18.2 Å². The van der Waals surface area contributed by atoms with E-state index in [1.54, 1.807) is 18.5 Å². The first kappa shape index (κ1) is 18.2. The van der Waals surface area contributed by atoms with Crippen LogP contribution in [0, 0.1) is 0 Å². The molecule has 2 aromatic carbocycles. The van der Waals surface area contributed by atoms with Crippen molar-refractivity contribution in [2.45, 2.75) is 0 Å². The number of hydrogen-bond donors (Lipinski definition) is 1. The molecule has 1 aliphatic rings. The first-order valence-electron chi connectivity index (χ1n) is 9.98. The third-order valence-electron chi connectivity index (χ3n) is 5.54. The predicted octanol–water partition coefficient (Wildman–Crippen LogP) is 2.97. The summed E-state index contributed by atoms with van der Waals surface area (Å²) in [5, 5.41) is 0.913. The van der Waals surface area contributed by atoms with Crippen LogP contribution in [-0.2, 0) is 0 Å². The maximum absolute atomic E-state index is 13.4. The van der Waals surface area contributed by atoms with Crippen LogP contribution < -0.4 is 10.6 Å². The summed E-state index contributed by atoms with van der Waals surface area (Å²) in [5.74, 6) is 0.596. The molecule has 1 aliphatic heterocycles. The van der Waals surface area contributed by atoms with Crippen molar-refractivity contribution in [1.29, 1.82) is 0 Å². The number of carbonyl (C=O) groups excluding carboxylic acids is 1. The highest BCUT2D eigenvalue weighted by Crippen LogP contribution is 2.26. The number of nitrogens with zero attached hydrogens (tertiary/aromatic N) is 5. The van der Waals surface area contributed by atoms with E-state index in [-0.39, 0.29) is 5.91 Å². The Balaban J connectivity index is 1.40. The van der Waals surface area contributed by atoms with Gasteiger partial charge in [0.25, 0.3) is 5.91 Å². The second kappa shape index (κ2) is 7.51. The number of para-hydroxylation sites is 1. The van der Waals surface area contributed by atoms with Gasteiger partial charge in [-0.2, -0.15) is 0 Å². The second-order valence-electron chi connectivity index (χ2n) is 7.35. The smallest absolute Gasteiger partial charge is 0.256 e. The number of rotatable bonds is 3. The molecule has 7 nitrogen and oxygen atoms in total. The van der Waals surface area contributed by atoms with Gasteiger partial charge < -0.3 is 15.5 Å². The second-order valence-corrected chi connectivity index (χ2v) is 7.35. The van der Waals surface area contributed by atoms with Crippen molar-refractivity contribution in [3.8, 4) is 5.95 Å². The van der Waals surface area contributed by atoms with Crippen molar-refractivity contribution in [1.82, 2.24) is 19.4 Å². The molecule has 3 heterocycles. The molecule has 0 spiro atoms. The van der Waals surface area contributed by atoms with Gasteiger partial charge in [-0.15, -0.1) is 0 Å². The first-order valence-corrected chi connectivity index (χ1v) is 9.98. The van der Waals surface area contributed by atoms with Crippen LogP contribution in [0.2, 0.25) is 0 Å². The molecule has 1 amide bonds. The standard InChI is InChI=1S/C23H22N6O/c24-17-6-8-18(9-7-17)27-12-14-28(15-13-27)22(30)20-16-29(23-25-10-3-11-26-23)21-5-2-1-4-19(20)21/h1-11,16H,12-15,24H2. The number of nitrogen functional groups attached to an aromatic ring is 1. The van der Waals surface area contributed by atoms with Crippen LogP contribution in [0.1, 0.15) is 10.4 Å². The normalized spacial score (nSPS) is 14.3. The summed E-state index contributed by atoms with van der Waals surface area (Å²) >= 11 is 0. The Hall–Kier alpha value is -3.87. The molecule has 7 heteroatoms. The van der Waals surface area contributed by atoms with Crippen molar-refractivity contribution >= 4 is 28.2 Å². The number of carbonyl (C=O) groups is 1. The number of aromatic nitrogens is 3. The fourth-order valence-electron chi connectivity index (χ4n) is 3.95. The predicted molar refractivity (Wildman–Crippen MR) is 118 cm³/mol. The van der Waals surface area contributed by atoms with Crippen LogP contribution in [0.5, 0.6) is 0 Å². The Bertz CT molecular complexity index is 1180. The summed E-state index contributed by atoms with van der Waals surface area (Å²) in [6.45, 7) is 2.92. The fourth-order valence-corrected chi connectivity index (χ4v) is 3.95. The minimum Gasteiger partial charge on any atom is -0.399 e. The zero-order valence-electron chi connectivity index (χ0n) is 16.5. The highest BCUT2D eigenvalue weighted by atomic mass is 16.2. The van der Waals surface area contributed by atoms with Crippen LogP contribution in [0.15, 0.2) is 73.2 Å². The van der Waals surface area contributed by atoms with Crippen LogP contribution in [0.3, 0.4) is 0 Å². The summed E-state index contributed by atoms with van der Waals surface area (Å²) in [6, 6.07) is 17.5. The average Bonchev–Trinajstić information content (AvgIpc) is 3.20. The number of benzene rings is 2. The Morgan fingerprint density at radius 2 is 1.57 bits per heavy atom. The van der Waals surface area contributed by atoms with Crippen LogP contribution in [-0.4, -0.2) is 51.5 Å². The first-order chi connectivity index (χ1) is 14.7. The van der Waals surface area contributed by atoms with Gasteiger partial charge >= 0.3 is 0 Å². The van der Waals surface area contributed by atoms with Gasteiger partial charge in [0.05, 0.1) is 11.1 Å². The quantitative estimate of drug-likeness (QED) is 0.537. The van der Waals surface area contributed by atoms with E-state index in [0.29, 0.717) is 24.6 Å². The maximum atomic E-state index is 13.4. The molecule has 0 atom stereocenters. The lowest BCUT2D eigenvalue weighted by molar-refractivity contribution is 0.0748. The molecular weight excluding hydrogens is 376 g/mol. The van der Waals surface area contributed by atoms with Crippen LogP contribution in [0.4, 0.5) is 11.4 Å². The lowest BCUT2D eigenvalue weighted by Gasteiger charge is -2.36. The molecule has 0 saturated carbocycles. The van der Waals surface area contributed by atoms with Crippen molar-refractivity contribution in [2.24, 2.45) is 0 Å². The van der Waals surface area contributed by atoms with Gasteiger partial charge in [0, 0.05) is 61.5 Å². The summed E-state index contributed by atoms with van der Waals surface area (Å²) in [5.41, 5.74) is 9.28. The van der Waals surface area contributed by atoms with Gasteiger partial charge in [-0.25, -0.2) is 9.97 Å². The molecule has 1 fully saturated rings. The van der Waals surface area contributed by atoms with Gasteiger partial charge in [-0.3, -0.25) is 9.36 Å². The zero-order valence-corrected chi connectivity index (χ0v) is 16.5. The molecule has 1 saturated heterocycles. The number of amides is 1. The third-order valence-corrected chi connectivity index (χ3v) is 5.54. The summed E-state index contributed by atoms with van der Waals surface area (Å²) in [4.78, 5) is 26.3. The zero-order chi connectivity index (χ0) is 20.5. The Morgan fingerprint density at radius 1 is 0.867 bits per heavy atom. The fraction of sp³-hybridized carbons (Fsp3) is 0.174. The van der Waals surface area contributed by atoms with Crippen molar-refractivity contribution in [3.63, 3.8) is 0 Å². The Kier molecular flexibility index (Phi) is 4.55. The average molecular weight is 398 g/mol. The minimum absolute atomic E-state index is 0.0397. The molecule has 0 aliphatic carbocycles. The molecule has 5 rings (SSSR count). The van der Waals surface area contributed by atoms with Gasteiger partial charge in [0.15, 0.2) is 0 Å². The highest BCUT2D eigenvalue weighted by Gasteiger charge is 2.25. The van der Waals surface area contributed by atoms with Crippen molar-refractivity contribution < 1.29 is 4.79 Å². The van der Waals surface area contributed by atoms with Gasteiger partial charge in [0.1, 0.15) is 0 Å². The minimum atomic E-state index is 0.0397. The molecule has 30 heavy (non-hydrogen) atoms. The van der Waals surface area contributed by atoms with Crippen molar-refractivity contribution in [2.75, 3.05) is 36.8 Å². The third kappa shape index (κ3) is 3.24. The molecule has 0 radical (unpaired) electrons. The van der Waals surface area contributed by atoms with Crippen LogP contribution in [0.25, 0.3) is 16.9 Å². The molecular formula is C23H22N6O. The van der Waals surface area contributed by atoms with Gasteiger partial charge in [0.2, 0.25) is 5.95 Å². The molecule has 2 N–H and O–H groups in total. The molecule has 0 bridgehead atoms. The maximum Gasteiger partial charge on any atom is 0.256 e. The Labute approximate surface area is 174 Å². The van der Waals surface area contributed by atoms with E-state index >= 15 is 0 Å². The summed E-state index contributed by atoms with van der Waals surface area (Å²) in [6.07, 6.45) is 5.26. The van der Waals surface area contributed by atoms with Gasteiger partial charge in [-0.05, 0) is 36.4 Å². The molecule has 150 valence electrons. The van der Waals surface area contributed by atoms with Crippen molar-refractivity contribution in [3.05, 3.63) is 78.8 Å². The Morgan fingerprint density at radius 3 is 2.30 bits per heavy atom. The SMILES string of the molecule is Nc1ccc(N2CCN(C(=O)c3cn(-c4ncccn4)c4ccccc34)CC2)cc1. The number of piperazine rings is 1. The van der Waals surface area contributed by atoms with E-state index in [1.165, 1.54) is 0 Å². The lowest BCUT2D eigenvalue weighted by Crippen LogP contribution is -2.48. The monoisotopic (exact) mass is 398 g/mol. The topological polar surface area (TPSA) is 80.3 Å². The molecule has 4 aromatic rings. The summed E-state index contributed by atoms with van der Waals surface area (Å²) < 4.78 is 1.88. The van der Waals surface area contributed by atoms with E-state index in [2.05, 4.69) is 14.9 Å². The largest absolute Gasteiger partial charge is 0.399 e. The number of nitrogens with two attached hydrogens (primary N) is 1. The summed E-state index contributed by atoms with van der Waals surface area (Å²) in [7, 11) is 0. The molecule has 0 unspecified atom stereocenters. The number of fused-ring (bicyclic) bond motifs is 1. The lowest BCUT2D eigenvalue weighted by atomic mass is 10.1. The number of hydrogen-bond acceptors (Lipinski definition) is 5.